The van der Waals surface area contributed by atoms with Crippen LogP contribution in [0.1, 0.15) is 52.2 Å². The van der Waals surface area contributed by atoms with Gasteiger partial charge in [-0.15, -0.1) is 62.5 Å². The minimum Gasteiger partial charge on any atom is -0.388 e. The van der Waals surface area contributed by atoms with Gasteiger partial charge in [0.15, 0.2) is 11.3 Å². The Hall–Kier alpha value is -2.53. The third-order valence-electron chi connectivity index (χ3n) is 13.4. The molecule has 448 valence electrons. The van der Waals surface area contributed by atoms with Gasteiger partial charge in [0.1, 0.15) is 28.6 Å². The summed E-state index contributed by atoms with van der Waals surface area (Å²) >= 11 is 12.0. The third-order valence-corrected chi connectivity index (χ3v) is 87.2. The molecule has 9 unspecified atom stereocenters. The van der Waals surface area contributed by atoms with E-state index in [0.29, 0.717) is 39.3 Å². The summed E-state index contributed by atoms with van der Waals surface area (Å²) in [7, 11) is 22.2. The fourth-order valence-electron chi connectivity index (χ4n) is 9.37. The first-order chi connectivity index (χ1) is 41.3. The highest BCUT2D eigenvalue weighted by Crippen LogP contribution is 3.18. The fraction of sp³-hybridized carbons (Fsp3) is 0.222. The molecule has 0 radical (unpaired) electrons. The van der Waals surface area contributed by atoms with Gasteiger partial charge < -0.3 is 19.2 Å². The van der Waals surface area contributed by atoms with E-state index in [4.69, 9.17) is 28.2 Å². The molecule has 0 bridgehead atoms. The Bertz CT molecular complexity index is 4420. The van der Waals surface area contributed by atoms with E-state index in [-0.39, 0.29) is 59.5 Å². The number of aromatic amines is 1. The third kappa shape index (κ3) is 16.4. The lowest BCUT2D eigenvalue weighted by molar-refractivity contribution is 0.264. The smallest absolute Gasteiger partial charge is 0.334 e. The molecule has 0 amide bonds. The van der Waals surface area contributed by atoms with Crippen LogP contribution in [0.5, 0.6) is 0 Å². The van der Waals surface area contributed by atoms with E-state index in [9.17, 15) is 14.7 Å². The van der Waals surface area contributed by atoms with Crippen molar-refractivity contribution in [1.29, 1.82) is 0 Å². The number of pyridine rings is 6. The number of H-pyrrole nitrogens is 1. The summed E-state index contributed by atoms with van der Waals surface area (Å²) in [5.74, 6) is 2.54. The lowest BCUT2D eigenvalue weighted by atomic mass is 10.1. The minimum absolute atomic E-state index is 0.0773. The Morgan fingerprint density at radius 3 is 1.62 bits per heavy atom. The van der Waals surface area contributed by atoms with Crippen LogP contribution in [0.4, 0.5) is 0 Å². The van der Waals surface area contributed by atoms with E-state index in [1.54, 1.807) is 63.0 Å². The van der Waals surface area contributed by atoms with E-state index in [2.05, 4.69) is 135 Å². The number of benzene rings is 2. The standard InChI is InChI=1S/C27H24ClN7O.C15H10N4O.C12H16ClN3O.H15P13/c1-17(2)10-13-33-22-7-8-24(28)31-26(22)32-25(33)16-34-23-15-29-12-9-21(23)35(27(34)36)19-5-6-20-18(14-19)4-3-11-30-20;20-15-18-13-9-16-7-5-14(13)19(15)11-3-4-12-10(8-11)2-1-6-17-12;1-8(2)5-6-16-9-3-4-10(13)14-12(9)15-11(16)7-17;1-8-12(9(2)3)13(10(4)5)11(6)7/h3-9,11-12,14-15,17H,10,13,16H2,1-2H3;1-9H,(H,18,20);3-4,8,17H,5-7H2,1-2H3;8H,1-7H2. The number of halogens is 2. The Balaban J connectivity index is 0.000000150. The first-order valence-corrected chi connectivity index (χ1v) is 50.4. The molecule has 0 spiro atoms. The summed E-state index contributed by atoms with van der Waals surface area (Å²) < 4.78 is 9.25. The predicted octanol–water partition coefficient (Wildman–Crippen LogP) is 17.3. The van der Waals surface area contributed by atoms with E-state index in [1.807, 2.05) is 89.5 Å². The molecular weight excluding hydrogens is 1370 g/mol. The van der Waals surface area contributed by atoms with Gasteiger partial charge in [0.25, 0.3) is 0 Å². The molecule has 2 aromatic carbocycles. The minimum atomic E-state index is -0.170. The Labute approximate surface area is 530 Å². The zero-order chi connectivity index (χ0) is 61.3. The normalized spacial score (nSPS) is 12.3. The largest absolute Gasteiger partial charge is 0.388 e. The molecule has 10 heterocycles. The molecule has 86 heavy (non-hydrogen) atoms. The second-order valence-electron chi connectivity index (χ2n) is 20.2. The van der Waals surface area contributed by atoms with Crippen LogP contribution in [-0.2, 0) is 26.2 Å². The van der Waals surface area contributed by atoms with Crippen molar-refractivity contribution < 1.29 is 5.11 Å². The molecule has 2 N–H and O–H groups in total. The number of nitrogens with one attached hydrogen (secondary N) is 1. The van der Waals surface area contributed by atoms with Gasteiger partial charge in [-0.3, -0.25) is 33.6 Å². The van der Waals surface area contributed by atoms with Gasteiger partial charge in [0.05, 0.1) is 74.4 Å². The number of aromatic nitrogens is 14. The summed E-state index contributed by atoms with van der Waals surface area (Å²) in [6, 6.07) is 30.4. The van der Waals surface area contributed by atoms with Crippen LogP contribution in [0, 0.1) is 11.8 Å². The van der Waals surface area contributed by atoms with Crippen LogP contribution in [0.3, 0.4) is 0 Å². The van der Waals surface area contributed by atoms with Crippen molar-refractivity contribution in [2.24, 2.45) is 11.8 Å². The second-order valence-corrected chi connectivity index (χ2v) is 68.4. The number of nitrogens with zero attached hydrogens (tertiary/aromatic N) is 13. The van der Waals surface area contributed by atoms with Crippen molar-refractivity contribution in [1.82, 2.24) is 67.7 Å². The maximum atomic E-state index is 13.9. The monoisotopic (exact) mass is 1430 g/mol. The molecule has 10 aromatic heterocycles. The van der Waals surface area contributed by atoms with Gasteiger partial charge in [0.2, 0.25) is 0 Å². The van der Waals surface area contributed by atoms with E-state index < -0.39 is 0 Å². The van der Waals surface area contributed by atoms with Gasteiger partial charge in [-0.1, -0.05) is 71.0 Å². The second kappa shape index (κ2) is 31.7. The molecule has 0 saturated carbocycles. The van der Waals surface area contributed by atoms with Gasteiger partial charge in [-0.25, -0.2) is 29.5 Å². The van der Waals surface area contributed by atoms with Crippen LogP contribution in [-0.4, -0.2) is 72.8 Å². The van der Waals surface area contributed by atoms with Crippen LogP contribution in [0.2, 0.25) is 10.3 Å². The number of hydrogen-bond donors (Lipinski definition) is 2. The van der Waals surface area contributed by atoms with Crippen molar-refractivity contribution in [3.05, 3.63) is 177 Å². The molecule has 0 saturated heterocycles. The van der Waals surface area contributed by atoms with Crippen molar-refractivity contribution in [3.63, 3.8) is 0 Å². The van der Waals surface area contributed by atoms with E-state index >= 15 is 0 Å². The first kappa shape index (κ1) is 67.9. The number of fused-ring (bicyclic) bond motifs is 6. The molecule has 17 nitrogen and oxygen atoms in total. The Morgan fingerprint density at radius 2 is 1.10 bits per heavy atom. The predicted molar refractivity (Wildman–Crippen MR) is 398 cm³/mol. The molecule has 0 aliphatic carbocycles. The quantitative estimate of drug-likeness (QED) is 0.0689. The lowest BCUT2D eigenvalue weighted by Gasteiger charge is -2.34. The number of hydrogen-bond acceptors (Lipinski definition) is 11. The number of aliphatic hydroxyl groups is 1. The molecular formula is C54H65Cl2N14O3P13. The van der Waals surface area contributed by atoms with Crippen molar-refractivity contribution in [2.75, 3.05) is 0 Å². The van der Waals surface area contributed by atoms with Crippen molar-refractivity contribution in [3.8, 4) is 11.4 Å². The number of rotatable bonds is 16. The SMILES string of the molecule is CC(C)CCn1c(CO)nc2nc(Cl)ccc21.CC(C)CCn1c(Cn2c(=O)n(-c3ccc4ncccc4c3)c3ccncc32)nc2nc(Cl)ccc21.O=c1[nH]c2cnccc2n1-c1ccc2ncccc2c1.PPP(P(P)P)P(P(P)P)P(P)P. The summed E-state index contributed by atoms with van der Waals surface area (Å²) in [5, 5.41) is 12.1. The van der Waals surface area contributed by atoms with Crippen LogP contribution in [0.25, 0.3) is 77.6 Å². The average Bonchev–Trinajstić information content (AvgIpc) is 1.71. The summed E-state index contributed by atoms with van der Waals surface area (Å²) in [6.45, 7) is 11.4. The lowest BCUT2D eigenvalue weighted by Crippen LogP contribution is -2.25. The highest BCUT2D eigenvalue weighted by molar-refractivity contribution is 9.24. The van der Waals surface area contributed by atoms with E-state index in [1.165, 1.54) is 0 Å². The number of aliphatic hydroxyl groups excluding tert-OH is 1. The van der Waals surface area contributed by atoms with Gasteiger partial charge in [-0.2, -0.15) is 0 Å². The zero-order valence-electron chi connectivity index (χ0n) is 47.2. The van der Waals surface area contributed by atoms with Gasteiger partial charge >= 0.3 is 11.4 Å². The Morgan fingerprint density at radius 1 is 0.581 bits per heavy atom. The maximum Gasteiger partial charge on any atom is 0.334 e. The first-order valence-electron chi connectivity index (χ1n) is 26.7. The molecule has 0 aliphatic rings. The van der Waals surface area contributed by atoms with Gasteiger partial charge in [0, 0.05) is 48.6 Å². The summed E-state index contributed by atoms with van der Waals surface area (Å²) in [5.41, 5.74) is 9.13. The Kier molecular flexibility index (Phi) is 25.0. The van der Waals surface area contributed by atoms with Crippen molar-refractivity contribution >= 4 is 195 Å². The van der Waals surface area contributed by atoms with E-state index in [0.717, 1.165) is 106 Å². The van der Waals surface area contributed by atoms with Crippen LogP contribution >= 0.6 is 129 Å². The number of imidazole rings is 4. The maximum absolute atomic E-state index is 13.9. The highest BCUT2D eigenvalue weighted by atomic mass is 35.5. The zero-order valence-corrected chi connectivity index (χ0v) is 62.3. The summed E-state index contributed by atoms with van der Waals surface area (Å²) in [6.07, 6.45) is 12.3. The topological polar surface area (TPSA) is 198 Å². The summed E-state index contributed by atoms with van der Waals surface area (Å²) in [4.78, 5) is 63.5. The van der Waals surface area contributed by atoms with Gasteiger partial charge in [-0.05, 0) is 145 Å². The van der Waals surface area contributed by atoms with Crippen LogP contribution in [0.15, 0.2) is 144 Å². The molecule has 12 aromatic rings. The number of aryl methyl sites for hydroxylation is 2. The van der Waals surface area contributed by atoms with Crippen LogP contribution < -0.4 is 11.4 Å². The average molecular weight is 1430 g/mol. The molecule has 12 rings (SSSR count). The molecule has 0 fully saturated rings. The molecule has 0 aliphatic heterocycles. The highest BCUT2D eigenvalue weighted by Gasteiger charge is 2.29. The van der Waals surface area contributed by atoms with Crippen molar-refractivity contribution in [2.45, 2.75) is 66.8 Å². The fourth-order valence-corrected chi connectivity index (χ4v) is 137. The molecule has 9 atom stereocenters. The molecule has 32 heteroatoms.